The minimum Gasteiger partial charge on any atom is -0.377 e. The summed E-state index contributed by atoms with van der Waals surface area (Å²) in [6, 6.07) is 7.25. The first kappa shape index (κ1) is 13.6. The van der Waals surface area contributed by atoms with Crippen LogP contribution in [0, 0.1) is 0 Å². The summed E-state index contributed by atoms with van der Waals surface area (Å²) in [6.45, 7) is 0.290. The Balaban J connectivity index is 2.23. The zero-order valence-corrected chi connectivity index (χ0v) is 11.6. The van der Waals surface area contributed by atoms with E-state index in [0.29, 0.717) is 18.0 Å². The van der Waals surface area contributed by atoms with Crippen LogP contribution in [-0.2, 0) is 9.84 Å². The molecule has 1 aromatic rings. The van der Waals surface area contributed by atoms with Crippen molar-refractivity contribution in [2.45, 2.75) is 18.4 Å². The molecule has 0 radical (unpaired) electrons. The normalized spacial score (nSPS) is 26.8. The fourth-order valence-corrected chi connectivity index (χ4v) is 4.47. The molecule has 1 atom stereocenters. The number of sulfone groups is 1. The van der Waals surface area contributed by atoms with Gasteiger partial charge in [-0.05, 0) is 31.0 Å². The van der Waals surface area contributed by atoms with E-state index in [1.54, 1.807) is 12.1 Å². The molecular formula is C12H17ClN2O2S. The third kappa shape index (κ3) is 3.16. The van der Waals surface area contributed by atoms with E-state index in [0.717, 1.165) is 12.1 Å². The molecule has 0 amide bonds. The van der Waals surface area contributed by atoms with Crippen LogP contribution in [0.4, 0.5) is 5.69 Å². The Morgan fingerprint density at radius 1 is 1.44 bits per heavy atom. The van der Waals surface area contributed by atoms with E-state index in [-0.39, 0.29) is 11.5 Å². The Morgan fingerprint density at radius 2 is 2.22 bits per heavy atom. The van der Waals surface area contributed by atoms with Gasteiger partial charge in [-0.2, -0.15) is 0 Å². The summed E-state index contributed by atoms with van der Waals surface area (Å²) in [7, 11) is -3.01. The van der Waals surface area contributed by atoms with E-state index < -0.39 is 15.4 Å². The molecule has 0 bridgehead atoms. The molecule has 1 aliphatic heterocycles. The number of rotatable bonds is 3. The first-order chi connectivity index (χ1) is 8.45. The number of hydrogen-bond donors (Lipinski definition) is 2. The summed E-state index contributed by atoms with van der Waals surface area (Å²) in [5.41, 5.74) is 6.03. The number of nitrogens with one attached hydrogen (secondary N) is 1. The maximum Gasteiger partial charge on any atom is 0.152 e. The second-order valence-electron chi connectivity index (χ2n) is 4.82. The number of hydrogen-bond acceptors (Lipinski definition) is 4. The fourth-order valence-electron chi connectivity index (χ4n) is 2.38. The van der Waals surface area contributed by atoms with Gasteiger partial charge >= 0.3 is 0 Å². The number of benzene rings is 1. The molecule has 1 unspecified atom stereocenters. The number of nitrogens with two attached hydrogens (primary N) is 1. The van der Waals surface area contributed by atoms with Crippen LogP contribution in [0.1, 0.15) is 12.8 Å². The molecule has 6 heteroatoms. The van der Waals surface area contributed by atoms with Crippen LogP contribution >= 0.6 is 11.6 Å². The van der Waals surface area contributed by atoms with E-state index in [2.05, 4.69) is 5.32 Å². The van der Waals surface area contributed by atoms with Crippen LogP contribution in [0.3, 0.4) is 0 Å². The molecule has 1 aliphatic rings. The number of halogens is 1. The van der Waals surface area contributed by atoms with Gasteiger partial charge in [0.1, 0.15) is 0 Å². The van der Waals surface area contributed by atoms with Gasteiger partial charge in [-0.25, -0.2) is 8.42 Å². The summed E-state index contributed by atoms with van der Waals surface area (Å²) in [5, 5.41) is 3.87. The van der Waals surface area contributed by atoms with Crippen LogP contribution in [0.15, 0.2) is 24.3 Å². The van der Waals surface area contributed by atoms with E-state index in [9.17, 15) is 8.42 Å². The van der Waals surface area contributed by atoms with Gasteiger partial charge in [0.2, 0.25) is 0 Å². The van der Waals surface area contributed by atoms with Gasteiger partial charge in [-0.3, -0.25) is 0 Å². The van der Waals surface area contributed by atoms with Gasteiger partial charge < -0.3 is 11.1 Å². The zero-order valence-electron chi connectivity index (χ0n) is 10.0. The summed E-state index contributed by atoms with van der Waals surface area (Å²) in [5.74, 6) is 0.342. The zero-order chi connectivity index (χ0) is 13.2. The van der Waals surface area contributed by atoms with Gasteiger partial charge in [0.15, 0.2) is 9.84 Å². The lowest BCUT2D eigenvalue weighted by molar-refractivity contribution is 0.450. The van der Waals surface area contributed by atoms with Crippen LogP contribution in [0.2, 0.25) is 5.02 Å². The predicted molar refractivity (Wildman–Crippen MR) is 74.7 cm³/mol. The highest BCUT2D eigenvalue weighted by Crippen LogP contribution is 2.27. The van der Waals surface area contributed by atoms with Gasteiger partial charge in [-0.15, -0.1) is 0 Å². The van der Waals surface area contributed by atoms with Crippen molar-refractivity contribution in [3.63, 3.8) is 0 Å². The first-order valence-electron chi connectivity index (χ1n) is 5.89. The average Bonchev–Trinajstić information content (AvgIpc) is 2.27. The van der Waals surface area contributed by atoms with Crippen molar-refractivity contribution in [2.24, 2.45) is 5.73 Å². The molecule has 100 valence electrons. The Kier molecular flexibility index (Phi) is 3.84. The summed E-state index contributed by atoms with van der Waals surface area (Å²) >= 11 is 5.92. The van der Waals surface area contributed by atoms with Crippen LogP contribution in [-0.4, -0.2) is 32.0 Å². The van der Waals surface area contributed by atoms with Gasteiger partial charge in [0, 0.05) is 17.3 Å². The highest BCUT2D eigenvalue weighted by atomic mass is 35.5. The lowest BCUT2D eigenvalue weighted by Crippen LogP contribution is -2.53. The molecule has 4 nitrogen and oxygen atoms in total. The van der Waals surface area contributed by atoms with Crippen LogP contribution in [0.25, 0.3) is 0 Å². The van der Waals surface area contributed by atoms with Crippen LogP contribution in [0.5, 0.6) is 0 Å². The molecule has 0 aromatic heterocycles. The number of anilines is 1. The van der Waals surface area contributed by atoms with Crippen LogP contribution < -0.4 is 11.1 Å². The Hall–Kier alpha value is -0.780. The molecule has 1 heterocycles. The van der Waals surface area contributed by atoms with E-state index >= 15 is 0 Å². The lowest BCUT2D eigenvalue weighted by Gasteiger charge is -2.37. The second kappa shape index (κ2) is 5.07. The van der Waals surface area contributed by atoms with Crippen molar-refractivity contribution < 1.29 is 8.42 Å². The predicted octanol–water partition coefficient (Wildman–Crippen LogP) is 1.66. The molecule has 3 N–H and O–H groups in total. The minimum absolute atomic E-state index is 0.0863. The minimum atomic E-state index is -3.01. The van der Waals surface area contributed by atoms with Crippen molar-refractivity contribution in [1.29, 1.82) is 0 Å². The molecular weight excluding hydrogens is 272 g/mol. The highest BCUT2D eigenvalue weighted by Gasteiger charge is 2.37. The van der Waals surface area contributed by atoms with E-state index in [4.69, 9.17) is 17.3 Å². The molecule has 0 spiro atoms. The van der Waals surface area contributed by atoms with Gasteiger partial charge in [0.05, 0.1) is 17.0 Å². The maximum absolute atomic E-state index is 11.8. The average molecular weight is 289 g/mol. The summed E-state index contributed by atoms with van der Waals surface area (Å²) in [4.78, 5) is 0. The highest BCUT2D eigenvalue weighted by molar-refractivity contribution is 7.91. The van der Waals surface area contributed by atoms with Gasteiger partial charge in [0.25, 0.3) is 0 Å². The van der Waals surface area contributed by atoms with Crippen molar-refractivity contribution in [1.82, 2.24) is 0 Å². The SMILES string of the molecule is NCC1(Nc2cccc(Cl)c2)CCCS(=O)(=O)C1. The Bertz CT molecular complexity index is 533. The smallest absolute Gasteiger partial charge is 0.152 e. The largest absolute Gasteiger partial charge is 0.377 e. The molecule has 1 aromatic carbocycles. The second-order valence-corrected chi connectivity index (χ2v) is 7.44. The Morgan fingerprint density at radius 3 is 2.83 bits per heavy atom. The third-order valence-electron chi connectivity index (χ3n) is 3.23. The van der Waals surface area contributed by atoms with Crippen molar-refractivity contribution in [3.05, 3.63) is 29.3 Å². The van der Waals surface area contributed by atoms with Crippen molar-refractivity contribution in [2.75, 3.05) is 23.4 Å². The van der Waals surface area contributed by atoms with E-state index in [1.165, 1.54) is 0 Å². The maximum atomic E-state index is 11.8. The molecule has 1 saturated heterocycles. The molecule has 0 saturated carbocycles. The lowest BCUT2D eigenvalue weighted by atomic mass is 9.95. The molecule has 18 heavy (non-hydrogen) atoms. The van der Waals surface area contributed by atoms with Crippen molar-refractivity contribution >= 4 is 27.1 Å². The topological polar surface area (TPSA) is 72.2 Å². The summed E-state index contributed by atoms with van der Waals surface area (Å²) in [6.07, 6.45) is 1.41. The van der Waals surface area contributed by atoms with E-state index in [1.807, 2.05) is 12.1 Å². The fraction of sp³-hybridized carbons (Fsp3) is 0.500. The molecule has 0 aliphatic carbocycles. The standard InChI is InChI=1S/C12H17ClN2O2S/c13-10-3-1-4-11(7-10)15-12(8-14)5-2-6-18(16,17)9-12/h1,3-4,7,15H,2,5-6,8-9,14H2. The monoisotopic (exact) mass is 288 g/mol. The Labute approximate surface area is 112 Å². The third-order valence-corrected chi connectivity index (χ3v) is 5.37. The molecule has 2 rings (SSSR count). The molecule has 1 fully saturated rings. The summed E-state index contributed by atoms with van der Waals surface area (Å²) < 4.78 is 23.5. The van der Waals surface area contributed by atoms with Gasteiger partial charge in [-0.1, -0.05) is 17.7 Å². The van der Waals surface area contributed by atoms with Crippen molar-refractivity contribution in [3.8, 4) is 0 Å². The first-order valence-corrected chi connectivity index (χ1v) is 8.09. The quantitative estimate of drug-likeness (QED) is 0.887.